The van der Waals surface area contributed by atoms with Gasteiger partial charge in [0.1, 0.15) is 36.3 Å². The van der Waals surface area contributed by atoms with Crippen LogP contribution < -0.4 is 11.2 Å². The van der Waals surface area contributed by atoms with E-state index in [4.69, 9.17) is 14.2 Å². The van der Waals surface area contributed by atoms with Crippen molar-refractivity contribution in [1.82, 2.24) is 14.5 Å². The zero-order valence-electron chi connectivity index (χ0n) is 26.2. The molecule has 10 heteroatoms. The minimum Gasteiger partial charge on any atom is -0.459 e. The van der Waals surface area contributed by atoms with Gasteiger partial charge in [0, 0.05) is 30.8 Å². The highest BCUT2D eigenvalue weighted by molar-refractivity contribution is 5.90. The Kier molecular flexibility index (Phi) is 10.5. The molecule has 10 nitrogen and oxygen atoms in total. The molecule has 1 N–H and O–H groups in total. The average molecular weight is 632 g/mol. The number of nitrogens with one attached hydrogen (secondary N) is 1. The first-order chi connectivity index (χ1) is 22.7. The van der Waals surface area contributed by atoms with E-state index in [9.17, 15) is 19.2 Å². The number of esters is 2. The van der Waals surface area contributed by atoms with Crippen molar-refractivity contribution in [1.29, 1.82) is 0 Å². The van der Waals surface area contributed by atoms with E-state index in [1.807, 2.05) is 20.8 Å². The summed E-state index contributed by atoms with van der Waals surface area (Å²) in [5.41, 5.74) is 2.45. The van der Waals surface area contributed by atoms with Crippen LogP contribution in [0.25, 0.3) is 0 Å². The number of hydrogen-bond donors (Lipinski definition) is 1. The molecule has 2 aromatic carbocycles. The lowest BCUT2D eigenvalue weighted by Gasteiger charge is -2.19. The second-order valence-electron chi connectivity index (χ2n) is 11.1. The highest BCUT2D eigenvalue weighted by Crippen LogP contribution is 2.31. The number of aryl methyl sites for hydroxylation is 2. The van der Waals surface area contributed by atoms with E-state index in [2.05, 4.69) is 33.6 Å². The molecule has 1 saturated heterocycles. The molecule has 0 unspecified atom stereocenters. The van der Waals surface area contributed by atoms with Gasteiger partial charge in [-0.15, -0.1) is 0 Å². The summed E-state index contributed by atoms with van der Waals surface area (Å²) in [6.45, 7) is 5.61. The van der Waals surface area contributed by atoms with E-state index in [1.165, 1.54) is 10.8 Å². The Bertz CT molecular complexity index is 1990. The van der Waals surface area contributed by atoms with Crippen LogP contribution in [0.1, 0.15) is 81.1 Å². The zero-order valence-corrected chi connectivity index (χ0v) is 26.2. The molecular weight excluding hydrogens is 598 g/mol. The maximum absolute atomic E-state index is 13.0. The predicted molar refractivity (Wildman–Crippen MR) is 174 cm³/mol. The zero-order chi connectivity index (χ0) is 33.3. The first-order valence-corrected chi connectivity index (χ1v) is 15.2. The summed E-state index contributed by atoms with van der Waals surface area (Å²) in [4.78, 5) is 57.9. The summed E-state index contributed by atoms with van der Waals surface area (Å²) in [6, 6.07) is 17.3. The van der Waals surface area contributed by atoms with Gasteiger partial charge in [-0.1, -0.05) is 60.1 Å². The van der Waals surface area contributed by atoms with E-state index >= 15 is 0 Å². The van der Waals surface area contributed by atoms with Gasteiger partial charge in [0.25, 0.3) is 5.56 Å². The lowest BCUT2D eigenvalue weighted by atomic mass is 10.1. The van der Waals surface area contributed by atoms with Crippen molar-refractivity contribution in [3.8, 4) is 23.7 Å². The maximum atomic E-state index is 13.0. The summed E-state index contributed by atoms with van der Waals surface area (Å²) in [5, 5.41) is 0. The van der Waals surface area contributed by atoms with Crippen LogP contribution in [0.2, 0.25) is 0 Å². The Hall–Kier alpha value is -5.71. The van der Waals surface area contributed by atoms with Gasteiger partial charge in [0.05, 0.1) is 11.1 Å². The number of benzene rings is 2. The first-order valence-electron chi connectivity index (χ1n) is 15.2. The van der Waals surface area contributed by atoms with Crippen LogP contribution in [0, 0.1) is 37.5 Å². The van der Waals surface area contributed by atoms with Gasteiger partial charge >= 0.3 is 17.6 Å². The molecule has 238 valence electrons. The van der Waals surface area contributed by atoms with Crippen LogP contribution >= 0.6 is 0 Å². The standard InChI is InChI=1S/C37H33N3O7/c1-4-5-6-7-30-19-13-26(21-38-30)12-18-29-22-40(37(44)39-34(29)41)33-20-31(47-36(43)28-16-10-25(3)11-17-28)32(46-33)23-45-35(42)27-14-8-24(2)9-15-27/h8-11,13-17,19,21-22,31-33H,4-5,20,23H2,1-3H3,(H,39,41,44)/t31-,32+,33+/m0/s1. The number of carbonyl (C=O) groups is 2. The molecule has 5 rings (SSSR count). The number of nitrogens with zero attached hydrogens (tertiary/aromatic N) is 2. The number of aromatic nitrogens is 3. The van der Waals surface area contributed by atoms with Gasteiger partial charge in [0.2, 0.25) is 0 Å². The second kappa shape index (κ2) is 15.0. The Morgan fingerprint density at radius 2 is 1.62 bits per heavy atom. The van der Waals surface area contributed by atoms with Gasteiger partial charge in [0.15, 0.2) is 0 Å². The second-order valence-corrected chi connectivity index (χ2v) is 11.1. The molecule has 3 atom stereocenters. The molecular formula is C37H33N3O7. The van der Waals surface area contributed by atoms with Crippen LogP contribution in [0.5, 0.6) is 0 Å². The lowest BCUT2D eigenvalue weighted by molar-refractivity contribution is -0.0582. The Labute approximate surface area is 271 Å². The first kappa shape index (κ1) is 32.7. The summed E-state index contributed by atoms with van der Waals surface area (Å²) in [6.07, 6.45) is 1.91. The van der Waals surface area contributed by atoms with Crippen molar-refractivity contribution in [3.63, 3.8) is 0 Å². The fourth-order valence-corrected chi connectivity index (χ4v) is 4.72. The third kappa shape index (κ3) is 8.51. The largest absolute Gasteiger partial charge is 0.459 e. The molecule has 1 aliphatic heterocycles. The molecule has 47 heavy (non-hydrogen) atoms. The van der Waals surface area contributed by atoms with Crippen molar-refractivity contribution in [3.05, 3.63) is 133 Å². The van der Waals surface area contributed by atoms with Crippen LogP contribution in [0.15, 0.2) is 82.6 Å². The summed E-state index contributed by atoms with van der Waals surface area (Å²) in [5.74, 6) is 10.5. The SMILES string of the molecule is CCCC#Cc1ccc(C#Cc2cn([C@H]3C[C@H](OC(=O)c4ccc(C)cc4)[C@@H](COC(=O)c4ccc(C)cc4)O3)c(=O)[nH]c2=O)cn1. The molecule has 4 aromatic rings. The fourth-order valence-electron chi connectivity index (χ4n) is 4.72. The van der Waals surface area contributed by atoms with Gasteiger partial charge in [-0.05, 0) is 62.6 Å². The minimum atomic E-state index is -0.957. The van der Waals surface area contributed by atoms with Crippen molar-refractivity contribution >= 4 is 11.9 Å². The number of carbonyl (C=O) groups excluding carboxylic acids is 2. The summed E-state index contributed by atoms with van der Waals surface area (Å²) >= 11 is 0. The van der Waals surface area contributed by atoms with Crippen molar-refractivity contribution in [2.75, 3.05) is 6.61 Å². The van der Waals surface area contributed by atoms with Crippen molar-refractivity contribution in [2.24, 2.45) is 0 Å². The van der Waals surface area contributed by atoms with E-state index in [1.54, 1.807) is 66.9 Å². The van der Waals surface area contributed by atoms with E-state index in [-0.39, 0.29) is 18.6 Å². The molecule has 0 amide bonds. The average Bonchev–Trinajstić information content (AvgIpc) is 3.46. The van der Waals surface area contributed by atoms with E-state index in [0.29, 0.717) is 22.4 Å². The van der Waals surface area contributed by atoms with E-state index < -0.39 is 41.6 Å². The van der Waals surface area contributed by atoms with Gasteiger partial charge in [-0.2, -0.15) is 0 Å². The number of pyridine rings is 1. The molecule has 0 aliphatic carbocycles. The number of aromatic amines is 1. The predicted octanol–water partition coefficient (Wildman–Crippen LogP) is 4.47. The third-order valence-corrected chi connectivity index (χ3v) is 7.37. The number of hydrogen-bond acceptors (Lipinski definition) is 8. The Morgan fingerprint density at radius 3 is 2.26 bits per heavy atom. The van der Waals surface area contributed by atoms with Crippen LogP contribution in [-0.4, -0.2) is 45.3 Å². The third-order valence-electron chi connectivity index (χ3n) is 7.37. The number of unbranched alkanes of at least 4 members (excludes halogenated alkanes) is 1. The molecule has 0 radical (unpaired) electrons. The van der Waals surface area contributed by atoms with Crippen molar-refractivity contribution < 1.29 is 23.8 Å². The normalized spacial score (nSPS) is 16.7. The molecule has 2 aromatic heterocycles. The molecule has 1 fully saturated rings. The quantitative estimate of drug-likeness (QED) is 0.234. The van der Waals surface area contributed by atoms with Gasteiger partial charge in [-0.3, -0.25) is 14.3 Å². The molecule has 3 heterocycles. The number of H-pyrrole nitrogens is 1. The highest BCUT2D eigenvalue weighted by atomic mass is 16.6. The number of rotatable bonds is 7. The fraction of sp³-hybridized carbons (Fsp3) is 0.270. The summed E-state index contributed by atoms with van der Waals surface area (Å²) in [7, 11) is 0. The van der Waals surface area contributed by atoms with Gasteiger partial charge < -0.3 is 14.2 Å². The smallest absolute Gasteiger partial charge is 0.338 e. The topological polar surface area (TPSA) is 130 Å². The van der Waals surface area contributed by atoms with Gasteiger partial charge in [-0.25, -0.2) is 19.4 Å². The summed E-state index contributed by atoms with van der Waals surface area (Å²) < 4.78 is 18.7. The van der Waals surface area contributed by atoms with Crippen LogP contribution in [0.3, 0.4) is 0 Å². The molecule has 0 saturated carbocycles. The highest BCUT2D eigenvalue weighted by Gasteiger charge is 2.40. The van der Waals surface area contributed by atoms with E-state index in [0.717, 1.165) is 24.0 Å². The lowest BCUT2D eigenvalue weighted by Crippen LogP contribution is -2.34. The Balaban J connectivity index is 1.36. The molecule has 1 aliphatic rings. The number of ether oxygens (including phenoxy) is 3. The molecule has 0 bridgehead atoms. The monoisotopic (exact) mass is 631 g/mol. The maximum Gasteiger partial charge on any atom is 0.338 e. The minimum absolute atomic E-state index is 0.0162. The van der Waals surface area contributed by atoms with Crippen LogP contribution in [0.4, 0.5) is 0 Å². The van der Waals surface area contributed by atoms with Crippen molar-refractivity contribution in [2.45, 2.75) is 58.5 Å². The van der Waals surface area contributed by atoms with Crippen LogP contribution in [-0.2, 0) is 14.2 Å². The Morgan fingerprint density at radius 1 is 0.936 bits per heavy atom. The molecule has 0 spiro atoms.